The summed E-state index contributed by atoms with van der Waals surface area (Å²) >= 11 is 0. The van der Waals surface area contributed by atoms with Gasteiger partial charge in [-0.25, -0.2) is 8.42 Å². The third kappa shape index (κ3) is 7.68. The first-order valence-corrected chi connectivity index (χ1v) is 14.7. The fourth-order valence-corrected chi connectivity index (χ4v) is 4.77. The highest BCUT2D eigenvalue weighted by atomic mass is 32.2. The molecule has 0 heterocycles. The second-order valence-electron chi connectivity index (χ2n) is 8.98. The van der Waals surface area contributed by atoms with Gasteiger partial charge in [-0.05, 0) is 42.7 Å². The molecule has 0 spiro atoms. The summed E-state index contributed by atoms with van der Waals surface area (Å²) in [5.41, 5.74) is 2.39. The molecule has 0 bridgehead atoms. The van der Waals surface area contributed by atoms with E-state index >= 15 is 0 Å². The fraction of sp³-hybridized carbons (Fsp3) is 0.714. The first-order valence-electron chi connectivity index (χ1n) is 9.97. The lowest BCUT2D eigenvalue weighted by Crippen LogP contribution is -2.40. The lowest BCUT2D eigenvalue weighted by molar-refractivity contribution is 0.226. The first kappa shape index (κ1) is 24.3. The average molecular weight is 414 g/mol. The Hall–Kier alpha value is -0.693. The van der Waals surface area contributed by atoms with Crippen molar-refractivity contribution in [1.82, 2.24) is 4.90 Å². The highest BCUT2D eigenvalue weighted by Gasteiger charge is 2.37. The maximum atomic E-state index is 11.9. The van der Waals surface area contributed by atoms with E-state index < -0.39 is 18.2 Å². The summed E-state index contributed by atoms with van der Waals surface area (Å²) in [6.45, 7) is 19.3. The minimum atomic E-state index is -2.96. The van der Waals surface area contributed by atoms with Crippen molar-refractivity contribution in [2.45, 2.75) is 78.9 Å². The topological polar surface area (TPSA) is 46.6 Å². The van der Waals surface area contributed by atoms with Gasteiger partial charge in [-0.2, -0.15) is 0 Å². The summed E-state index contributed by atoms with van der Waals surface area (Å²) in [6.07, 6.45) is 0. The van der Waals surface area contributed by atoms with Crippen LogP contribution in [-0.2, 0) is 27.4 Å². The van der Waals surface area contributed by atoms with Gasteiger partial charge in [0.25, 0.3) is 0 Å². The molecule has 0 fully saturated rings. The molecule has 1 aromatic carbocycles. The lowest BCUT2D eigenvalue weighted by Gasteiger charge is -2.36. The average Bonchev–Trinajstić information content (AvgIpc) is 2.57. The van der Waals surface area contributed by atoms with E-state index in [-0.39, 0.29) is 22.6 Å². The monoisotopic (exact) mass is 413 g/mol. The molecule has 6 heteroatoms. The van der Waals surface area contributed by atoms with Crippen LogP contribution in [0.2, 0.25) is 18.1 Å². The molecule has 1 unspecified atom stereocenters. The number of sulfone groups is 1. The van der Waals surface area contributed by atoms with E-state index in [2.05, 4.69) is 70.0 Å². The lowest BCUT2D eigenvalue weighted by atomic mass is 10.1. The van der Waals surface area contributed by atoms with Crippen molar-refractivity contribution < 1.29 is 12.8 Å². The van der Waals surface area contributed by atoms with Crippen LogP contribution in [0.5, 0.6) is 0 Å². The SMILES string of the molecule is CCN(Cc1ccc(CO[Si](C)(C)C(C)(C)C)cc1)C(C)CS(=O)(=O)CC. The van der Waals surface area contributed by atoms with Gasteiger partial charge in [0, 0.05) is 18.3 Å². The second-order valence-corrected chi connectivity index (χ2v) is 16.2. The predicted octanol–water partition coefficient (Wildman–Crippen LogP) is 4.85. The standard InChI is InChI=1S/C21H39NO3SSi/c1-9-22(18(3)17-26(23,24)10-2)15-19-11-13-20(14-12-19)16-25-27(7,8)21(4,5)6/h11-14,18H,9-10,15-17H2,1-8H3. The molecule has 0 saturated carbocycles. The quantitative estimate of drug-likeness (QED) is 0.514. The van der Waals surface area contributed by atoms with Crippen LogP contribution in [0.15, 0.2) is 24.3 Å². The van der Waals surface area contributed by atoms with Crippen molar-refractivity contribution in [2.24, 2.45) is 0 Å². The molecule has 1 atom stereocenters. The van der Waals surface area contributed by atoms with Gasteiger partial charge in [0.2, 0.25) is 0 Å². The van der Waals surface area contributed by atoms with E-state index in [4.69, 9.17) is 4.43 Å². The molecule has 27 heavy (non-hydrogen) atoms. The Labute approximate surface area is 168 Å². The van der Waals surface area contributed by atoms with Crippen LogP contribution in [-0.4, -0.2) is 45.7 Å². The van der Waals surface area contributed by atoms with E-state index in [0.717, 1.165) is 13.1 Å². The van der Waals surface area contributed by atoms with Crippen molar-refractivity contribution in [1.29, 1.82) is 0 Å². The van der Waals surface area contributed by atoms with Crippen molar-refractivity contribution >= 4 is 18.2 Å². The maximum Gasteiger partial charge on any atom is 0.192 e. The number of benzene rings is 1. The molecule has 4 nitrogen and oxygen atoms in total. The van der Waals surface area contributed by atoms with Crippen LogP contribution in [0.3, 0.4) is 0 Å². The molecule has 0 saturated heterocycles. The second kappa shape index (κ2) is 9.68. The Morgan fingerprint density at radius 3 is 2.04 bits per heavy atom. The minimum Gasteiger partial charge on any atom is -0.413 e. The smallest absolute Gasteiger partial charge is 0.192 e. The summed E-state index contributed by atoms with van der Waals surface area (Å²) < 4.78 is 30.1. The maximum absolute atomic E-state index is 11.9. The van der Waals surface area contributed by atoms with Gasteiger partial charge in [-0.1, -0.05) is 58.9 Å². The van der Waals surface area contributed by atoms with Gasteiger partial charge in [0.1, 0.15) is 0 Å². The van der Waals surface area contributed by atoms with Crippen molar-refractivity contribution in [3.63, 3.8) is 0 Å². The zero-order chi connectivity index (χ0) is 20.9. The van der Waals surface area contributed by atoms with E-state index in [1.165, 1.54) is 11.1 Å². The van der Waals surface area contributed by atoms with Crippen molar-refractivity contribution in [2.75, 3.05) is 18.1 Å². The Balaban J connectivity index is 2.70. The van der Waals surface area contributed by atoms with Crippen LogP contribution >= 0.6 is 0 Å². The molecule has 0 radical (unpaired) electrons. The van der Waals surface area contributed by atoms with E-state index in [1.54, 1.807) is 6.92 Å². The molecule has 0 aliphatic carbocycles. The zero-order valence-corrected chi connectivity index (χ0v) is 20.3. The van der Waals surface area contributed by atoms with Gasteiger partial charge >= 0.3 is 0 Å². The van der Waals surface area contributed by atoms with Gasteiger partial charge in [-0.3, -0.25) is 4.90 Å². The minimum absolute atomic E-state index is 0.0153. The number of hydrogen-bond acceptors (Lipinski definition) is 4. The third-order valence-corrected chi connectivity index (χ3v) is 12.1. The van der Waals surface area contributed by atoms with Crippen molar-refractivity contribution in [3.05, 3.63) is 35.4 Å². The molecular formula is C21H39NO3SSi. The highest BCUT2D eigenvalue weighted by Crippen LogP contribution is 2.37. The van der Waals surface area contributed by atoms with Crippen LogP contribution in [0, 0.1) is 0 Å². The number of nitrogens with zero attached hydrogens (tertiary/aromatic N) is 1. The van der Waals surface area contributed by atoms with Crippen LogP contribution < -0.4 is 0 Å². The number of hydrogen-bond donors (Lipinski definition) is 0. The molecule has 0 N–H and O–H groups in total. The van der Waals surface area contributed by atoms with Gasteiger partial charge in [0.05, 0.1) is 12.4 Å². The predicted molar refractivity (Wildman–Crippen MR) is 118 cm³/mol. The Morgan fingerprint density at radius 2 is 1.59 bits per heavy atom. The largest absolute Gasteiger partial charge is 0.413 e. The van der Waals surface area contributed by atoms with E-state index in [9.17, 15) is 8.42 Å². The first-order chi connectivity index (χ1) is 12.3. The highest BCUT2D eigenvalue weighted by molar-refractivity contribution is 7.91. The molecule has 0 aromatic heterocycles. The summed E-state index contributed by atoms with van der Waals surface area (Å²) in [6, 6.07) is 8.54. The Bertz CT molecular complexity index is 678. The normalized spacial score (nSPS) is 14.6. The van der Waals surface area contributed by atoms with Gasteiger partial charge < -0.3 is 4.43 Å². The molecule has 0 amide bonds. The molecule has 0 aliphatic heterocycles. The van der Waals surface area contributed by atoms with Gasteiger partial charge in [-0.15, -0.1) is 0 Å². The summed E-state index contributed by atoms with van der Waals surface area (Å²) in [4.78, 5) is 2.22. The summed E-state index contributed by atoms with van der Waals surface area (Å²) in [7, 11) is -4.70. The van der Waals surface area contributed by atoms with Crippen LogP contribution in [0.1, 0.15) is 52.7 Å². The fourth-order valence-electron chi connectivity index (χ4n) is 2.63. The molecule has 1 rings (SSSR count). The van der Waals surface area contributed by atoms with Crippen LogP contribution in [0.4, 0.5) is 0 Å². The number of rotatable bonds is 10. The van der Waals surface area contributed by atoms with Crippen LogP contribution in [0.25, 0.3) is 0 Å². The zero-order valence-electron chi connectivity index (χ0n) is 18.5. The van der Waals surface area contributed by atoms with Crippen molar-refractivity contribution in [3.8, 4) is 0 Å². The Morgan fingerprint density at radius 1 is 1.07 bits per heavy atom. The van der Waals surface area contributed by atoms with E-state index in [1.807, 2.05) is 6.92 Å². The van der Waals surface area contributed by atoms with E-state index in [0.29, 0.717) is 6.61 Å². The Kier molecular flexibility index (Phi) is 8.73. The summed E-state index contributed by atoms with van der Waals surface area (Å²) in [5.74, 6) is 0.424. The summed E-state index contributed by atoms with van der Waals surface area (Å²) in [5, 5.41) is 0.212. The van der Waals surface area contributed by atoms with Gasteiger partial charge in [0.15, 0.2) is 18.2 Å². The molecule has 1 aromatic rings. The molecule has 156 valence electrons. The molecular weight excluding hydrogens is 374 g/mol. The third-order valence-electron chi connectivity index (χ3n) is 5.78. The molecule has 0 aliphatic rings.